The number of rotatable bonds is 3. The van der Waals surface area contributed by atoms with E-state index in [0.717, 1.165) is 17.8 Å². The molecule has 2 aliphatic rings. The summed E-state index contributed by atoms with van der Waals surface area (Å²) in [6.07, 6.45) is 14.3. The van der Waals surface area contributed by atoms with Crippen LogP contribution in [0.5, 0.6) is 0 Å². The van der Waals surface area contributed by atoms with Gasteiger partial charge in [-0.2, -0.15) is 0 Å². The molecule has 0 radical (unpaired) electrons. The summed E-state index contributed by atoms with van der Waals surface area (Å²) in [6.45, 7) is 4.63. The molecule has 0 spiro atoms. The van der Waals surface area contributed by atoms with Crippen LogP contribution in [-0.4, -0.2) is 0 Å². The Morgan fingerprint density at radius 3 is 2.12 bits per heavy atom. The maximum absolute atomic E-state index is 3.41. The number of hydrogen-bond donors (Lipinski definition) is 0. The van der Waals surface area contributed by atoms with Crippen LogP contribution in [0.15, 0.2) is 35.9 Å². The SMILES string of the molecule is CCC1CC=C(C#Cc2ccc(C3CCC(CC)CC3)cc2)CC1. The highest BCUT2D eigenvalue weighted by Gasteiger charge is 2.20. The molecule has 1 aromatic carbocycles. The number of allylic oxidation sites excluding steroid dienone is 2. The lowest BCUT2D eigenvalue weighted by Gasteiger charge is -2.28. The highest BCUT2D eigenvalue weighted by atomic mass is 14.3. The summed E-state index contributed by atoms with van der Waals surface area (Å²) >= 11 is 0. The molecule has 128 valence electrons. The average Bonchev–Trinajstić information content (AvgIpc) is 2.67. The third-order valence-electron chi connectivity index (χ3n) is 6.27. The van der Waals surface area contributed by atoms with E-state index in [9.17, 15) is 0 Å². The fourth-order valence-corrected chi connectivity index (χ4v) is 4.27. The molecule has 0 heterocycles. The van der Waals surface area contributed by atoms with E-state index in [1.165, 1.54) is 74.5 Å². The van der Waals surface area contributed by atoms with Crippen molar-refractivity contribution in [3.05, 3.63) is 47.0 Å². The molecule has 0 bridgehead atoms. The van der Waals surface area contributed by atoms with E-state index in [2.05, 4.69) is 56.0 Å². The minimum Gasteiger partial charge on any atom is -0.0726 e. The van der Waals surface area contributed by atoms with Gasteiger partial charge in [-0.1, -0.05) is 56.7 Å². The fourth-order valence-electron chi connectivity index (χ4n) is 4.27. The van der Waals surface area contributed by atoms with Crippen molar-refractivity contribution >= 4 is 0 Å². The Morgan fingerprint density at radius 2 is 1.54 bits per heavy atom. The van der Waals surface area contributed by atoms with Gasteiger partial charge in [0.2, 0.25) is 0 Å². The maximum atomic E-state index is 3.41. The van der Waals surface area contributed by atoms with Crippen molar-refractivity contribution in [1.29, 1.82) is 0 Å². The molecule has 1 aromatic rings. The summed E-state index contributed by atoms with van der Waals surface area (Å²) in [5.41, 5.74) is 4.04. The summed E-state index contributed by atoms with van der Waals surface area (Å²) in [7, 11) is 0. The lowest BCUT2D eigenvalue weighted by Crippen LogP contribution is -2.12. The first-order valence-corrected chi connectivity index (χ1v) is 10.1. The van der Waals surface area contributed by atoms with Crippen LogP contribution >= 0.6 is 0 Å². The summed E-state index contributed by atoms with van der Waals surface area (Å²) in [6, 6.07) is 9.10. The monoisotopic (exact) mass is 320 g/mol. The molecule has 0 aliphatic heterocycles. The summed E-state index contributed by atoms with van der Waals surface area (Å²) in [4.78, 5) is 0. The van der Waals surface area contributed by atoms with Crippen LogP contribution in [0.3, 0.4) is 0 Å². The van der Waals surface area contributed by atoms with Gasteiger partial charge in [0, 0.05) is 5.56 Å². The Labute approximate surface area is 148 Å². The Bertz CT molecular complexity index is 600. The van der Waals surface area contributed by atoms with Crippen LogP contribution in [0.25, 0.3) is 0 Å². The van der Waals surface area contributed by atoms with Crippen LogP contribution in [-0.2, 0) is 0 Å². The molecule has 0 amide bonds. The normalized spacial score (nSPS) is 27.1. The maximum Gasteiger partial charge on any atom is 0.0249 e. The van der Waals surface area contributed by atoms with Gasteiger partial charge in [-0.3, -0.25) is 0 Å². The molecule has 0 heteroatoms. The number of hydrogen-bond acceptors (Lipinski definition) is 0. The predicted octanol–water partition coefficient (Wildman–Crippen LogP) is 6.86. The quantitative estimate of drug-likeness (QED) is 0.534. The molecule has 0 nitrogen and oxygen atoms in total. The second kappa shape index (κ2) is 8.57. The minimum absolute atomic E-state index is 0.779. The van der Waals surface area contributed by atoms with E-state index >= 15 is 0 Å². The molecule has 1 fully saturated rings. The number of benzene rings is 1. The van der Waals surface area contributed by atoms with E-state index in [0.29, 0.717) is 0 Å². The summed E-state index contributed by atoms with van der Waals surface area (Å²) < 4.78 is 0. The smallest absolute Gasteiger partial charge is 0.0249 e. The van der Waals surface area contributed by atoms with Gasteiger partial charge in [0.15, 0.2) is 0 Å². The first-order chi connectivity index (χ1) is 11.8. The van der Waals surface area contributed by atoms with Crippen LogP contribution in [0.4, 0.5) is 0 Å². The molecule has 1 unspecified atom stereocenters. The largest absolute Gasteiger partial charge is 0.0726 e. The van der Waals surface area contributed by atoms with Gasteiger partial charge in [-0.05, 0) is 86.0 Å². The van der Waals surface area contributed by atoms with E-state index < -0.39 is 0 Å². The summed E-state index contributed by atoms with van der Waals surface area (Å²) in [5.74, 6) is 9.42. The van der Waals surface area contributed by atoms with Crippen LogP contribution < -0.4 is 0 Å². The van der Waals surface area contributed by atoms with Gasteiger partial charge in [-0.25, -0.2) is 0 Å². The zero-order valence-electron chi connectivity index (χ0n) is 15.5. The molecule has 1 saturated carbocycles. The van der Waals surface area contributed by atoms with Crippen molar-refractivity contribution in [2.75, 3.05) is 0 Å². The van der Waals surface area contributed by atoms with Gasteiger partial charge in [-0.15, -0.1) is 0 Å². The molecule has 0 N–H and O–H groups in total. The second-order valence-electron chi connectivity index (χ2n) is 7.78. The molecule has 3 rings (SSSR count). The summed E-state index contributed by atoms with van der Waals surface area (Å²) in [5, 5.41) is 0. The predicted molar refractivity (Wildman–Crippen MR) is 104 cm³/mol. The first kappa shape index (κ1) is 17.3. The topological polar surface area (TPSA) is 0 Å². The minimum atomic E-state index is 0.779. The van der Waals surface area contributed by atoms with Gasteiger partial charge < -0.3 is 0 Å². The van der Waals surface area contributed by atoms with Crippen molar-refractivity contribution in [3.63, 3.8) is 0 Å². The highest BCUT2D eigenvalue weighted by Crippen LogP contribution is 2.36. The lowest BCUT2D eigenvalue weighted by atomic mass is 9.78. The van der Waals surface area contributed by atoms with Gasteiger partial charge >= 0.3 is 0 Å². The van der Waals surface area contributed by atoms with Gasteiger partial charge in [0.05, 0.1) is 0 Å². The zero-order valence-corrected chi connectivity index (χ0v) is 15.5. The molecule has 0 aromatic heterocycles. The molecule has 1 atom stereocenters. The molecular weight excluding hydrogens is 288 g/mol. The van der Waals surface area contributed by atoms with E-state index in [4.69, 9.17) is 0 Å². The van der Waals surface area contributed by atoms with Crippen LogP contribution in [0, 0.1) is 23.7 Å². The second-order valence-corrected chi connectivity index (χ2v) is 7.78. The van der Waals surface area contributed by atoms with E-state index in [1.807, 2.05) is 0 Å². The van der Waals surface area contributed by atoms with Gasteiger partial charge in [0.1, 0.15) is 0 Å². The van der Waals surface area contributed by atoms with Crippen LogP contribution in [0.1, 0.15) is 88.7 Å². The van der Waals surface area contributed by atoms with Gasteiger partial charge in [0.25, 0.3) is 0 Å². The Morgan fingerprint density at radius 1 is 0.833 bits per heavy atom. The van der Waals surface area contributed by atoms with E-state index in [1.54, 1.807) is 0 Å². The fraction of sp³-hybridized carbons (Fsp3) is 0.583. The standard InChI is InChI=1S/C24H32/c1-3-19-5-7-21(8-6-19)9-10-22-13-17-24(18-14-22)23-15-11-20(4-2)12-16-23/h7,13-14,17-20,23H,3-6,8,11-12,15-16H2,1-2H3. The van der Waals surface area contributed by atoms with Crippen molar-refractivity contribution in [1.82, 2.24) is 0 Å². The zero-order chi connectivity index (χ0) is 16.8. The lowest BCUT2D eigenvalue weighted by molar-refractivity contribution is 0.319. The Hall–Kier alpha value is -1.48. The Balaban J connectivity index is 1.58. The average molecular weight is 321 g/mol. The van der Waals surface area contributed by atoms with Crippen molar-refractivity contribution < 1.29 is 0 Å². The molecular formula is C24H32. The molecule has 24 heavy (non-hydrogen) atoms. The van der Waals surface area contributed by atoms with Crippen molar-refractivity contribution in [2.24, 2.45) is 11.8 Å². The third kappa shape index (κ3) is 4.54. The third-order valence-corrected chi connectivity index (χ3v) is 6.27. The first-order valence-electron chi connectivity index (χ1n) is 10.1. The van der Waals surface area contributed by atoms with E-state index in [-0.39, 0.29) is 0 Å². The van der Waals surface area contributed by atoms with Crippen LogP contribution in [0.2, 0.25) is 0 Å². The Kier molecular flexibility index (Phi) is 6.19. The highest BCUT2D eigenvalue weighted by molar-refractivity contribution is 5.42. The molecule has 0 saturated heterocycles. The molecule has 2 aliphatic carbocycles. The van der Waals surface area contributed by atoms with Crippen molar-refractivity contribution in [2.45, 2.75) is 77.6 Å². The van der Waals surface area contributed by atoms with Crippen molar-refractivity contribution in [3.8, 4) is 11.8 Å².